The first-order chi connectivity index (χ1) is 40.2. The van der Waals surface area contributed by atoms with E-state index < -0.39 is 14.9 Å². The van der Waals surface area contributed by atoms with Crippen molar-refractivity contribution in [3.8, 4) is 50.7 Å². The number of anilines is 4. The van der Waals surface area contributed by atoms with Crippen LogP contribution in [0.3, 0.4) is 0 Å². The molecule has 380 valence electrons. The summed E-state index contributed by atoms with van der Waals surface area (Å²) in [5.41, 5.74) is 11.6. The first-order valence-corrected chi connectivity index (χ1v) is 27.9. The minimum absolute atomic E-state index is 0. The first kappa shape index (κ1) is 42.6. The Hall–Kier alpha value is -8.54. The summed E-state index contributed by atoms with van der Waals surface area (Å²) in [6, 6.07) is 81.7. The second-order valence-corrected chi connectivity index (χ2v) is 24.4. The SMILES string of the molecule is [2H]c1cc(-c2cccc(-c3cccc(C(C)(C)C)c3)c2N2[CH-]N(c3[c-]c(Oc4[c-]c5c(c6c4-c4ccccc4[Si]6(c4ccccc4)c4ccccc4)c4ccccc4n5-c4cc(C([2H])([2H])[2H])ccn4)ccc3)c3ccccc32)cc([2H])c1[2H].[Pt]. The van der Waals surface area contributed by atoms with E-state index in [0.29, 0.717) is 34.1 Å². The van der Waals surface area contributed by atoms with Crippen molar-refractivity contribution in [2.75, 3.05) is 9.80 Å². The molecule has 0 amide bonds. The number of aromatic nitrogens is 2. The van der Waals surface area contributed by atoms with Crippen LogP contribution in [0.25, 0.3) is 61.0 Å². The molecule has 0 saturated carbocycles. The average Bonchev–Trinajstić information content (AvgIpc) is 1.70. The number of nitrogens with zero attached hydrogens (tertiary/aromatic N) is 4. The number of hydrogen-bond acceptors (Lipinski definition) is 4. The van der Waals surface area contributed by atoms with Crippen LogP contribution in [0.1, 0.15) is 40.1 Å². The van der Waals surface area contributed by atoms with E-state index in [1.54, 1.807) is 30.5 Å². The van der Waals surface area contributed by atoms with Gasteiger partial charge in [0.25, 0.3) is 0 Å². The Morgan fingerprint density at radius 3 is 2.01 bits per heavy atom. The van der Waals surface area contributed by atoms with Crippen LogP contribution in [0.4, 0.5) is 22.7 Å². The van der Waals surface area contributed by atoms with Crippen molar-refractivity contribution < 1.29 is 34.0 Å². The molecule has 2 aliphatic heterocycles. The quantitative estimate of drug-likeness (QED) is 0.107. The number of fused-ring (bicyclic) bond motifs is 8. The van der Waals surface area contributed by atoms with E-state index >= 15 is 0 Å². The van der Waals surface area contributed by atoms with Gasteiger partial charge in [-0.05, 0) is 80.6 Å². The van der Waals surface area contributed by atoms with Crippen LogP contribution in [0, 0.1) is 25.7 Å². The smallest absolute Gasteiger partial charge is 0.156 e. The fourth-order valence-corrected chi connectivity index (χ4v) is 17.3. The summed E-state index contributed by atoms with van der Waals surface area (Å²) in [5, 5.41) is 6.76. The molecule has 0 N–H and O–H groups in total. The molecule has 10 aromatic carbocycles. The summed E-state index contributed by atoms with van der Waals surface area (Å²) in [6.45, 7) is 6.33. The van der Waals surface area contributed by atoms with Gasteiger partial charge < -0.3 is 19.1 Å². The molecule has 4 heterocycles. The maximum Gasteiger partial charge on any atom is 0.156 e. The molecule has 0 atom stereocenters. The van der Waals surface area contributed by atoms with E-state index in [4.69, 9.17) is 17.9 Å². The zero-order valence-electron chi connectivity index (χ0n) is 49.0. The van der Waals surface area contributed by atoms with Crippen LogP contribution >= 0.6 is 0 Å². The van der Waals surface area contributed by atoms with Crippen LogP contribution in [0.2, 0.25) is 0 Å². The van der Waals surface area contributed by atoms with Crippen molar-refractivity contribution in [1.82, 2.24) is 9.55 Å². The van der Waals surface area contributed by atoms with Gasteiger partial charge in [0, 0.05) is 76.6 Å². The Morgan fingerprint density at radius 1 is 0.603 bits per heavy atom. The van der Waals surface area contributed by atoms with Crippen LogP contribution < -0.4 is 35.3 Å². The maximum atomic E-state index is 8.75. The third kappa shape index (κ3) is 7.88. The summed E-state index contributed by atoms with van der Waals surface area (Å²) in [6.07, 6.45) is 1.57. The van der Waals surface area contributed by atoms with Crippen molar-refractivity contribution in [2.24, 2.45) is 0 Å². The zero-order valence-corrected chi connectivity index (χ0v) is 46.2. The van der Waals surface area contributed by atoms with Gasteiger partial charge in [-0.3, -0.25) is 0 Å². The Labute approximate surface area is 480 Å². The minimum Gasteiger partial charge on any atom is -0.509 e. The minimum atomic E-state index is -3.26. The molecule has 0 fully saturated rings. The number of ether oxygens (including phenoxy) is 1. The number of rotatable bonds is 9. The molecule has 0 saturated heterocycles. The van der Waals surface area contributed by atoms with E-state index in [1.807, 2.05) is 53.1 Å². The second-order valence-electron chi connectivity index (χ2n) is 20.7. The molecule has 5 nitrogen and oxygen atoms in total. The van der Waals surface area contributed by atoms with Gasteiger partial charge in [-0.1, -0.05) is 231 Å². The number of hydrogen-bond donors (Lipinski definition) is 0. The first-order valence-electron chi connectivity index (χ1n) is 28.9. The molecule has 12 aromatic rings. The van der Waals surface area contributed by atoms with Crippen LogP contribution in [0.5, 0.6) is 11.5 Å². The monoisotopic (exact) mass is 1210 g/mol. The molecule has 2 aliphatic rings. The van der Waals surface area contributed by atoms with Gasteiger partial charge in [0.15, 0.2) is 8.07 Å². The van der Waals surface area contributed by atoms with E-state index in [-0.39, 0.29) is 50.2 Å². The number of para-hydroxylation sites is 4. The van der Waals surface area contributed by atoms with Gasteiger partial charge in [0.2, 0.25) is 0 Å². The number of benzene rings is 10. The van der Waals surface area contributed by atoms with Crippen molar-refractivity contribution in [1.29, 1.82) is 0 Å². The van der Waals surface area contributed by atoms with Gasteiger partial charge in [0.05, 0.1) is 4.11 Å². The Balaban J connectivity index is 0.00000658. The third-order valence-electron chi connectivity index (χ3n) is 15.3. The zero-order chi connectivity index (χ0) is 56.9. The number of aryl methyl sites for hydroxylation is 1. The normalized spacial score (nSPS) is 14.6. The van der Waals surface area contributed by atoms with E-state index in [0.717, 1.165) is 66.4 Å². The van der Waals surface area contributed by atoms with Crippen molar-refractivity contribution >= 4 is 73.4 Å². The summed E-state index contributed by atoms with van der Waals surface area (Å²) in [7, 11) is -3.26. The maximum absolute atomic E-state index is 8.75. The van der Waals surface area contributed by atoms with Crippen LogP contribution in [-0.4, -0.2) is 17.6 Å². The van der Waals surface area contributed by atoms with E-state index in [9.17, 15) is 0 Å². The largest absolute Gasteiger partial charge is 0.509 e. The van der Waals surface area contributed by atoms with Gasteiger partial charge in [0.1, 0.15) is 5.82 Å². The Bertz CT molecular complexity index is 4500. The molecule has 0 aliphatic carbocycles. The van der Waals surface area contributed by atoms with Gasteiger partial charge >= 0.3 is 0 Å². The summed E-state index contributed by atoms with van der Waals surface area (Å²) >= 11 is 0. The van der Waals surface area contributed by atoms with E-state index in [1.165, 1.54) is 21.1 Å². The topological polar surface area (TPSA) is 33.5 Å². The van der Waals surface area contributed by atoms with Crippen molar-refractivity contribution in [2.45, 2.75) is 33.0 Å². The standard InChI is InChI=1S/C71H53N4OSi.Pt/c1-48-41-42-72-66(43-48)75-60-37-16-14-33-58(60)67-63(75)46-64(68-59-34-15-19-40-65(59)77(70(67)68,54-29-10-6-11-30-54)55-31-12-7-13-32-55)76-53-28-21-27-52(45-53)73-47-74(62-39-18-17-38-61(62)73)69-56(49-23-8-5-9-24-49)35-22-36-57(69)50-25-20-26-51(44-50)71(2,3)4;/h5-44,47H,1-4H3;/q-3;/i1D3,5D,8D,9D;. The fourth-order valence-electron chi connectivity index (χ4n) is 11.9. The molecule has 0 unspecified atom stereocenters. The van der Waals surface area contributed by atoms with Gasteiger partial charge in [-0.25, -0.2) is 4.98 Å². The van der Waals surface area contributed by atoms with Gasteiger partial charge in [-0.15, -0.1) is 47.2 Å². The predicted octanol–water partition coefficient (Wildman–Crippen LogP) is 15.3. The average molecular weight is 1210 g/mol. The van der Waals surface area contributed by atoms with Gasteiger partial charge in [-0.2, -0.15) is 6.07 Å². The van der Waals surface area contributed by atoms with Crippen LogP contribution in [-0.2, 0) is 26.5 Å². The van der Waals surface area contributed by atoms with Crippen molar-refractivity contribution in [3.05, 3.63) is 273 Å². The molecular weight excluding hydrogens is 1150 g/mol. The third-order valence-corrected chi connectivity index (χ3v) is 20.2. The van der Waals surface area contributed by atoms with Crippen LogP contribution in [0.15, 0.2) is 243 Å². The molecule has 0 spiro atoms. The molecule has 2 aromatic heterocycles. The fraction of sp³-hybridized carbons (Fsp3) is 0.0704. The molecule has 14 rings (SSSR count). The van der Waals surface area contributed by atoms with E-state index in [2.05, 4.69) is 195 Å². The Kier molecular flexibility index (Phi) is 10.6. The number of pyridine rings is 1. The molecule has 7 heteroatoms. The summed E-state index contributed by atoms with van der Waals surface area (Å²) < 4.78 is 60.8. The molecule has 78 heavy (non-hydrogen) atoms. The summed E-state index contributed by atoms with van der Waals surface area (Å²) in [5.74, 6) is 1.40. The molecule has 0 bridgehead atoms. The molecule has 0 radical (unpaired) electrons. The predicted molar refractivity (Wildman–Crippen MR) is 321 cm³/mol. The van der Waals surface area contributed by atoms with Crippen molar-refractivity contribution in [3.63, 3.8) is 0 Å². The summed E-state index contributed by atoms with van der Waals surface area (Å²) in [4.78, 5) is 9.19. The second kappa shape index (κ2) is 19.5. The molecular formula is C71H53N4OPtSi-3. The Morgan fingerprint density at radius 2 is 1.26 bits per heavy atom.